The maximum atomic E-state index is 11.9. The van der Waals surface area contributed by atoms with Gasteiger partial charge in [-0.1, -0.05) is 23.8 Å². The summed E-state index contributed by atoms with van der Waals surface area (Å²) in [5, 5.41) is 2.54. The zero-order chi connectivity index (χ0) is 22.7. The van der Waals surface area contributed by atoms with Gasteiger partial charge in [-0.25, -0.2) is 4.79 Å². The Hall–Kier alpha value is -2.57. The van der Waals surface area contributed by atoms with Crippen molar-refractivity contribution >= 4 is 11.8 Å². The van der Waals surface area contributed by atoms with E-state index in [9.17, 15) is 4.79 Å². The van der Waals surface area contributed by atoms with E-state index in [1.807, 2.05) is 6.07 Å². The highest BCUT2D eigenvalue weighted by molar-refractivity contribution is 5.73. The molecule has 1 amide bonds. The van der Waals surface area contributed by atoms with Gasteiger partial charge in [0.25, 0.3) is 0 Å². The van der Waals surface area contributed by atoms with Crippen LogP contribution in [0.5, 0.6) is 5.75 Å². The maximum absolute atomic E-state index is 11.9. The van der Waals surface area contributed by atoms with Crippen LogP contribution in [0.2, 0.25) is 0 Å². The minimum absolute atomic E-state index is 0.181. The van der Waals surface area contributed by atoms with Crippen LogP contribution in [0.15, 0.2) is 36.4 Å². The van der Waals surface area contributed by atoms with E-state index in [1.54, 1.807) is 7.05 Å². The van der Waals surface area contributed by atoms with Crippen LogP contribution in [-0.4, -0.2) is 63.8 Å². The minimum atomic E-state index is -0.454. The number of ether oxygens (including phenoxy) is 1. The summed E-state index contributed by atoms with van der Waals surface area (Å²) in [7, 11) is 10.3. The number of benzene rings is 2. The first-order valence-electron chi connectivity index (χ1n) is 10.8. The zero-order valence-corrected chi connectivity index (χ0v) is 19.9. The molecule has 166 valence electrons. The Morgan fingerprint density at radius 3 is 2.45 bits per heavy atom. The number of amides is 1. The van der Waals surface area contributed by atoms with Crippen LogP contribution in [-0.2, 0) is 11.0 Å². The second-order valence-corrected chi connectivity index (χ2v) is 9.49. The molecule has 0 aromatic heterocycles. The quantitative estimate of drug-likeness (QED) is 0.821. The Labute approximate surface area is 185 Å². The van der Waals surface area contributed by atoms with Gasteiger partial charge in [0.15, 0.2) is 0 Å². The predicted molar refractivity (Wildman–Crippen MR) is 125 cm³/mol. The molecule has 6 heteroatoms. The number of hydrogen-bond donors (Lipinski definition) is 1. The van der Waals surface area contributed by atoms with Crippen molar-refractivity contribution in [2.45, 2.75) is 37.9 Å². The van der Waals surface area contributed by atoms with E-state index >= 15 is 0 Å². The highest BCUT2D eigenvalue weighted by Gasteiger charge is 2.67. The summed E-state index contributed by atoms with van der Waals surface area (Å²) < 4.78 is 5.52. The lowest BCUT2D eigenvalue weighted by molar-refractivity contribution is 0.0918. The number of likely N-dealkylation sites (N-methyl/N-ethyl adjacent to an activating group) is 3. The molecule has 2 aromatic rings. The predicted octanol–water partition coefficient (Wildman–Crippen LogP) is 3.46. The Balaban J connectivity index is 1.98. The van der Waals surface area contributed by atoms with Crippen LogP contribution in [0.25, 0.3) is 0 Å². The standard InChI is InChI=1S/C25H34N4O2/c1-16-9-11-19(17(2)13-16)25(27(5)6)15-28(7)22-24(25,3)20-14-18(31-23(30)26-4)10-12-21(20)29(22)8/h9-14,22H,15H2,1-8H3,(H,26,30). The van der Waals surface area contributed by atoms with Crippen molar-refractivity contribution < 1.29 is 9.53 Å². The molecule has 0 aliphatic carbocycles. The second-order valence-electron chi connectivity index (χ2n) is 9.49. The molecule has 0 bridgehead atoms. The Bertz CT molecular complexity index is 1040. The van der Waals surface area contributed by atoms with Gasteiger partial charge in [0.2, 0.25) is 0 Å². The molecule has 2 heterocycles. The van der Waals surface area contributed by atoms with Crippen molar-refractivity contribution in [1.82, 2.24) is 15.1 Å². The lowest BCUT2D eigenvalue weighted by Crippen LogP contribution is -2.58. The lowest BCUT2D eigenvalue weighted by atomic mass is 9.63. The second kappa shape index (κ2) is 7.24. The Kier molecular flexibility index (Phi) is 5.06. The molecule has 31 heavy (non-hydrogen) atoms. The fraction of sp³-hybridized carbons (Fsp3) is 0.480. The van der Waals surface area contributed by atoms with Gasteiger partial charge in [-0.05, 0) is 76.8 Å². The number of aryl methyl sites for hydroxylation is 2. The van der Waals surface area contributed by atoms with Gasteiger partial charge < -0.3 is 15.0 Å². The van der Waals surface area contributed by atoms with Gasteiger partial charge in [-0.15, -0.1) is 0 Å². The lowest BCUT2D eigenvalue weighted by Gasteiger charge is -2.49. The van der Waals surface area contributed by atoms with Crippen molar-refractivity contribution in [2.75, 3.05) is 46.7 Å². The molecular weight excluding hydrogens is 388 g/mol. The van der Waals surface area contributed by atoms with Crippen molar-refractivity contribution in [3.8, 4) is 5.75 Å². The van der Waals surface area contributed by atoms with Gasteiger partial charge in [0.1, 0.15) is 5.75 Å². The molecule has 0 radical (unpaired) electrons. The molecule has 3 atom stereocenters. The molecule has 2 aromatic carbocycles. The van der Waals surface area contributed by atoms with E-state index in [1.165, 1.54) is 27.9 Å². The molecule has 0 spiro atoms. The number of nitrogens with zero attached hydrogens (tertiary/aromatic N) is 3. The summed E-state index contributed by atoms with van der Waals surface area (Å²) in [6.07, 6.45) is -0.273. The van der Waals surface area contributed by atoms with E-state index < -0.39 is 6.09 Å². The summed E-state index contributed by atoms with van der Waals surface area (Å²) in [4.78, 5) is 19.1. The SMILES string of the molecule is CNC(=O)Oc1ccc2c(c1)C1(C)C(N(C)CC1(c1ccc(C)cc1C)N(C)C)N2C. The molecular formula is C25H34N4O2. The third kappa shape index (κ3) is 2.81. The Morgan fingerprint density at radius 2 is 1.84 bits per heavy atom. The molecule has 6 nitrogen and oxygen atoms in total. The average Bonchev–Trinajstić information content (AvgIpc) is 3.08. The van der Waals surface area contributed by atoms with Gasteiger partial charge in [-0.2, -0.15) is 0 Å². The van der Waals surface area contributed by atoms with Crippen LogP contribution in [0.3, 0.4) is 0 Å². The van der Waals surface area contributed by atoms with Crippen LogP contribution in [0, 0.1) is 13.8 Å². The molecule has 3 unspecified atom stereocenters. The monoisotopic (exact) mass is 422 g/mol. The van der Waals surface area contributed by atoms with Crippen molar-refractivity contribution in [3.63, 3.8) is 0 Å². The third-order valence-corrected chi connectivity index (χ3v) is 7.55. The van der Waals surface area contributed by atoms with Gasteiger partial charge in [0, 0.05) is 26.3 Å². The van der Waals surface area contributed by atoms with E-state index in [0.29, 0.717) is 5.75 Å². The number of anilines is 1. The number of fused-ring (bicyclic) bond motifs is 3. The van der Waals surface area contributed by atoms with E-state index in [2.05, 4.69) is 99.3 Å². The van der Waals surface area contributed by atoms with Crippen molar-refractivity contribution in [1.29, 1.82) is 0 Å². The smallest absolute Gasteiger partial charge is 0.410 e. The fourth-order valence-electron chi connectivity index (χ4n) is 6.39. The first-order valence-corrected chi connectivity index (χ1v) is 10.8. The largest absolute Gasteiger partial charge is 0.412 e. The summed E-state index contributed by atoms with van der Waals surface area (Å²) >= 11 is 0. The number of likely N-dealkylation sites (tertiary alicyclic amines) is 1. The van der Waals surface area contributed by atoms with Crippen LogP contribution < -0.4 is 15.0 Å². The summed E-state index contributed by atoms with van der Waals surface area (Å²) in [6, 6.07) is 12.8. The third-order valence-electron chi connectivity index (χ3n) is 7.55. The van der Waals surface area contributed by atoms with Crippen molar-refractivity contribution in [2.24, 2.45) is 0 Å². The van der Waals surface area contributed by atoms with Gasteiger partial charge in [-0.3, -0.25) is 9.80 Å². The first kappa shape index (κ1) is 21.7. The van der Waals surface area contributed by atoms with Gasteiger partial charge >= 0.3 is 6.09 Å². The summed E-state index contributed by atoms with van der Waals surface area (Å²) in [5.74, 6) is 0.566. The number of nitrogens with one attached hydrogen (secondary N) is 1. The van der Waals surface area contributed by atoms with Gasteiger partial charge in [0.05, 0.1) is 17.1 Å². The maximum Gasteiger partial charge on any atom is 0.412 e. The molecule has 1 N–H and O–H groups in total. The zero-order valence-electron chi connectivity index (χ0n) is 19.9. The molecule has 1 saturated heterocycles. The van der Waals surface area contributed by atoms with E-state index in [-0.39, 0.29) is 17.1 Å². The molecule has 1 fully saturated rings. The Morgan fingerprint density at radius 1 is 1.13 bits per heavy atom. The van der Waals surface area contributed by atoms with Crippen molar-refractivity contribution in [3.05, 3.63) is 58.7 Å². The summed E-state index contributed by atoms with van der Waals surface area (Å²) in [5.41, 5.74) is 5.80. The highest BCUT2D eigenvalue weighted by atomic mass is 16.5. The number of carbonyl (C=O) groups excluding carboxylic acids is 1. The molecule has 2 aliphatic rings. The van der Waals surface area contributed by atoms with E-state index in [0.717, 1.165) is 6.54 Å². The van der Waals surface area contributed by atoms with E-state index in [4.69, 9.17) is 4.74 Å². The average molecular weight is 423 g/mol. The minimum Gasteiger partial charge on any atom is -0.410 e. The number of rotatable bonds is 3. The first-order chi connectivity index (χ1) is 14.6. The molecule has 0 saturated carbocycles. The molecule has 2 aliphatic heterocycles. The topological polar surface area (TPSA) is 48.1 Å². The normalized spacial score (nSPS) is 27.4. The highest BCUT2D eigenvalue weighted by Crippen LogP contribution is 2.61. The number of carbonyl (C=O) groups is 1. The number of hydrogen-bond acceptors (Lipinski definition) is 5. The van der Waals surface area contributed by atoms with Crippen LogP contribution >= 0.6 is 0 Å². The van der Waals surface area contributed by atoms with Crippen LogP contribution in [0.4, 0.5) is 10.5 Å². The summed E-state index contributed by atoms with van der Waals surface area (Å²) in [6.45, 7) is 7.63. The van der Waals surface area contributed by atoms with Crippen LogP contribution in [0.1, 0.15) is 29.2 Å². The molecule has 4 rings (SSSR count). The fourth-order valence-corrected chi connectivity index (χ4v) is 6.39.